The van der Waals surface area contributed by atoms with E-state index in [9.17, 15) is 0 Å². The fraction of sp³-hybridized carbons (Fsp3) is 1.00. The van der Waals surface area contributed by atoms with Gasteiger partial charge in [0.1, 0.15) is 0 Å². The highest BCUT2D eigenvalue weighted by atomic mass is 31.1. The van der Waals surface area contributed by atoms with Gasteiger partial charge in [0.25, 0.3) is 0 Å². The molecule has 52 valence electrons. The molecule has 0 aromatic carbocycles. The maximum atomic E-state index is 4.88. The Morgan fingerprint density at radius 3 is 1.75 bits per heavy atom. The van der Waals surface area contributed by atoms with E-state index in [1.165, 1.54) is 0 Å². The Morgan fingerprint density at radius 1 is 1.12 bits per heavy atom. The molecule has 2 N–H and O–H groups in total. The zero-order valence-corrected chi connectivity index (χ0v) is 6.23. The molecule has 0 bridgehead atoms. The first-order valence-electron chi connectivity index (χ1n) is 2.40. The van der Waals surface area contributed by atoms with Crippen LogP contribution in [0.25, 0.3) is 0 Å². The van der Waals surface area contributed by atoms with Gasteiger partial charge in [-0.2, -0.15) is 0 Å². The molecule has 0 aromatic rings. The minimum Gasteiger partial charge on any atom is -0.412 e. The predicted octanol–water partition coefficient (Wildman–Crippen LogP) is 0.743. The largest absolute Gasteiger partial charge is 0.412 e. The molecule has 3 nitrogen and oxygen atoms in total. The number of hydrogen-bond donors (Lipinski definition) is 0. The highest BCUT2D eigenvalue weighted by Gasteiger charge is 1.77. The van der Waals surface area contributed by atoms with Gasteiger partial charge >= 0.3 is 0 Å². The molecule has 0 aliphatic rings. The van der Waals surface area contributed by atoms with Crippen LogP contribution in [0.5, 0.6) is 0 Å². The maximum Gasteiger partial charge on any atom is 0.155 e. The Balaban J connectivity index is 0. The Bertz CT molecular complexity index is 30.5. The summed E-state index contributed by atoms with van der Waals surface area (Å²) in [4.78, 5) is 0. The SMILES string of the molecule is CCOPOCC.O. The molecule has 0 saturated carbocycles. The molecule has 0 radical (unpaired) electrons. The monoisotopic (exact) mass is 140 g/mol. The number of hydrogen-bond acceptors (Lipinski definition) is 2. The summed E-state index contributed by atoms with van der Waals surface area (Å²) in [6.45, 7) is 5.40. The summed E-state index contributed by atoms with van der Waals surface area (Å²) >= 11 is 0. The normalized spacial score (nSPS) is 8.25. The van der Waals surface area contributed by atoms with Gasteiger partial charge in [0.05, 0.1) is 13.2 Å². The molecule has 0 aliphatic heterocycles. The lowest BCUT2D eigenvalue weighted by Crippen LogP contribution is -1.78. The van der Waals surface area contributed by atoms with E-state index in [1.807, 2.05) is 13.8 Å². The Kier molecular flexibility index (Phi) is 14.4. The average molecular weight is 140 g/mol. The highest BCUT2D eigenvalue weighted by Crippen LogP contribution is 2.10. The predicted molar refractivity (Wildman–Crippen MR) is 35.2 cm³/mol. The molecule has 4 heteroatoms. The second-order valence-corrected chi connectivity index (χ2v) is 1.69. The zero-order valence-electron chi connectivity index (χ0n) is 5.23. The molecule has 8 heavy (non-hydrogen) atoms. The third-order valence-electron chi connectivity index (χ3n) is 0.407. The molecule has 0 fully saturated rings. The van der Waals surface area contributed by atoms with Gasteiger partial charge in [-0.25, -0.2) is 0 Å². The molecule has 0 saturated heterocycles. The first-order valence-corrected chi connectivity index (χ1v) is 3.22. The average Bonchev–Trinajstić information content (AvgIpc) is 1.69. The van der Waals surface area contributed by atoms with Crippen molar-refractivity contribution in [3.05, 3.63) is 0 Å². The molecule has 0 aliphatic carbocycles. The van der Waals surface area contributed by atoms with Crippen LogP contribution in [-0.4, -0.2) is 18.7 Å². The molecule has 0 spiro atoms. The molecule has 0 aromatic heterocycles. The van der Waals surface area contributed by atoms with Crippen molar-refractivity contribution < 1.29 is 14.5 Å². The van der Waals surface area contributed by atoms with E-state index in [-0.39, 0.29) is 14.5 Å². The van der Waals surface area contributed by atoms with Crippen LogP contribution in [0, 0.1) is 0 Å². The third kappa shape index (κ3) is 9.58. The van der Waals surface area contributed by atoms with E-state index in [2.05, 4.69) is 0 Å². The minimum atomic E-state index is 0. The van der Waals surface area contributed by atoms with Crippen molar-refractivity contribution in [1.29, 1.82) is 0 Å². The molecule has 0 atom stereocenters. The first kappa shape index (κ1) is 11.2. The Hall–Kier alpha value is 0.310. The fourth-order valence-corrected chi connectivity index (χ4v) is 0.479. The second-order valence-electron chi connectivity index (χ2n) is 0.949. The summed E-state index contributed by atoms with van der Waals surface area (Å²) < 4.78 is 9.76. The lowest BCUT2D eigenvalue weighted by molar-refractivity contribution is 0.288. The van der Waals surface area contributed by atoms with Crippen LogP contribution in [0.2, 0.25) is 0 Å². The molecule has 0 amide bonds. The smallest absolute Gasteiger partial charge is 0.155 e. The van der Waals surface area contributed by atoms with E-state index in [1.54, 1.807) is 0 Å². The maximum absolute atomic E-state index is 4.88. The van der Waals surface area contributed by atoms with Gasteiger partial charge in [-0.3, -0.25) is 0 Å². The summed E-state index contributed by atoms with van der Waals surface area (Å²) in [6.07, 6.45) is 0. The van der Waals surface area contributed by atoms with Crippen LogP contribution < -0.4 is 0 Å². The topological polar surface area (TPSA) is 50.0 Å². The van der Waals surface area contributed by atoms with Crippen molar-refractivity contribution in [2.75, 3.05) is 13.2 Å². The summed E-state index contributed by atoms with van der Waals surface area (Å²) in [5.74, 6) is 0. The minimum absolute atomic E-state index is 0. The van der Waals surface area contributed by atoms with Gasteiger partial charge in [0, 0.05) is 0 Å². The van der Waals surface area contributed by atoms with Crippen LogP contribution in [0.15, 0.2) is 0 Å². The molecule has 0 unspecified atom stereocenters. The lowest BCUT2D eigenvalue weighted by atomic mass is 10.9. The molecule has 0 rings (SSSR count). The van der Waals surface area contributed by atoms with Gasteiger partial charge in [-0.1, -0.05) is 0 Å². The van der Waals surface area contributed by atoms with Crippen LogP contribution in [-0.2, 0) is 9.05 Å². The molecular formula is C4H13O3P. The van der Waals surface area contributed by atoms with Crippen molar-refractivity contribution in [2.45, 2.75) is 13.8 Å². The lowest BCUT2D eigenvalue weighted by Gasteiger charge is -1.96. The van der Waals surface area contributed by atoms with Gasteiger partial charge in [0.15, 0.2) is 9.03 Å². The number of rotatable bonds is 4. The van der Waals surface area contributed by atoms with Crippen LogP contribution >= 0.6 is 9.03 Å². The van der Waals surface area contributed by atoms with Crippen molar-refractivity contribution in [1.82, 2.24) is 0 Å². The second kappa shape index (κ2) is 10.3. The van der Waals surface area contributed by atoms with Crippen molar-refractivity contribution in [3.63, 3.8) is 0 Å². The molecular weight excluding hydrogens is 127 g/mol. The quantitative estimate of drug-likeness (QED) is 0.427. The van der Waals surface area contributed by atoms with Gasteiger partial charge < -0.3 is 14.5 Å². The van der Waals surface area contributed by atoms with Crippen LogP contribution in [0.1, 0.15) is 13.8 Å². The summed E-state index contributed by atoms with van der Waals surface area (Å²) in [5.41, 5.74) is 0. The van der Waals surface area contributed by atoms with E-state index < -0.39 is 0 Å². The molecule has 0 heterocycles. The van der Waals surface area contributed by atoms with Gasteiger partial charge in [-0.15, -0.1) is 0 Å². The third-order valence-corrected chi connectivity index (χ3v) is 1.22. The van der Waals surface area contributed by atoms with E-state index in [4.69, 9.17) is 9.05 Å². The van der Waals surface area contributed by atoms with Crippen molar-refractivity contribution in [2.24, 2.45) is 0 Å². The summed E-state index contributed by atoms with van der Waals surface area (Å²) in [5, 5.41) is 0. The Morgan fingerprint density at radius 2 is 1.50 bits per heavy atom. The summed E-state index contributed by atoms with van der Waals surface area (Å²) in [7, 11) is 0.232. The summed E-state index contributed by atoms with van der Waals surface area (Å²) in [6, 6.07) is 0. The first-order chi connectivity index (χ1) is 3.41. The van der Waals surface area contributed by atoms with Crippen molar-refractivity contribution >= 4 is 9.03 Å². The fourth-order valence-electron chi connectivity index (χ4n) is 0.160. The van der Waals surface area contributed by atoms with Crippen LogP contribution in [0.4, 0.5) is 0 Å². The van der Waals surface area contributed by atoms with E-state index in [0.717, 1.165) is 13.2 Å². The highest BCUT2D eigenvalue weighted by molar-refractivity contribution is 7.26. The standard InChI is InChI=1S/C4H11O2P.H2O/c1-3-5-7-6-4-2;/h7H,3-4H2,1-2H3;1H2. The van der Waals surface area contributed by atoms with Gasteiger partial charge in [-0.05, 0) is 13.8 Å². The van der Waals surface area contributed by atoms with E-state index >= 15 is 0 Å². The van der Waals surface area contributed by atoms with Crippen LogP contribution in [0.3, 0.4) is 0 Å². The Labute approximate surface area is 51.6 Å². The zero-order chi connectivity index (χ0) is 5.54. The van der Waals surface area contributed by atoms with Gasteiger partial charge in [0.2, 0.25) is 0 Å². The van der Waals surface area contributed by atoms with E-state index in [0.29, 0.717) is 0 Å². The van der Waals surface area contributed by atoms with Crippen molar-refractivity contribution in [3.8, 4) is 0 Å².